The van der Waals surface area contributed by atoms with Crippen molar-refractivity contribution in [3.05, 3.63) is 47.5 Å². The molecule has 9 nitrogen and oxygen atoms in total. The summed E-state index contributed by atoms with van der Waals surface area (Å²) in [5.41, 5.74) is 4.30. The zero-order valence-electron chi connectivity index (χ0n) is 25.2. The molecule has 4 rings (SSSR count). The van der Waals surface area contributed by atoms with Crippen LogP contribution in [-0.4, -0.2) is 94.9 Å². The highest BCUT2D eigenvalue weighted by Gasteiger charge is 2.41. The van der Waals surface area contributed by atoms with Crippen molar-refractivity contribution in [2.75, 3.05) is 32.9 Å². The van der Waals surface area contributed by atoms with Gasteiger partial charge in [0.15, 0.2) is 0 Å². The maximum Gasteiger partial charge on any atom is 0.122 e. The molecular weight excluding hydrogens is 536 g/mol. The van der Waals surface area contributed by atoms with Crippen LogP contribution in [0.15, 0.2) is 36.4 Å². The van der Waals surface area contributed by atoms with E-state index in [1.54, 1.807) is 0 Å². The number of nitrogens with one attached hydrogen (secondary N) is 2. The Labute approximate surface area is 249 Å². The van der Waals surface area contributed by atoms with Crippen LogP contribution in [0, 0.1) is 25.7 Å². The average molecular weight is 587 g/mol. The maximum atomic E-state index is 10.3. The largest absolute Gasteiger partial charge is 0.493 e. The van der Waals surface area contributed by atoms with Crippen LogP contribution in [0.2, 0.25) is 0 Å². The minimum absolute atomic E-state index is 0.0717. The Morgan fingerprint density at radius 2 is 1.14 bits per heavy atom. The molecule has 8 atom stereocenters. The fourth-order valence-corrected chi connectivity index (χ4v) is 6.45. The van der Waals surface area contributed by atoms with Crippen molar-refractivity contribution in [1.82, 2.24) is 10.6 Å². The third-order valence-electron chi connectivity index (χ3n) is 9.19. The highest BCUT2D eigenvalue weighted by molar-refractivity contribution is 5.74. The van der Waals surface area contributed by atoms with E-state index >= 15 is 0 Å². The number of ether oxygens (including phenoxy) is 2. The summed E-state index contributed by atoms with van der Waals surface area (Å²) in [6.45, 7) is 8.46. The number of aliphatic hydroxyl groups excluding tert-OH is 5. The summed E-state index contributed by atoms with van der Waals surface area (Å²) in [5, 5.41) is 56.6. The topological polar surface area (TPSA) is 144 Å². The first-order chi connectivity index (χ1) is 20.3. The molecule has 2 saturated carbocycles. The lowest BCUT2D eigenvalue weighted by molar-refractivity contribution is -0.000222. The second-order valence-electron chi connectivity index (χ2n) is 11.9. The third kappa shape index (κ3) is 7.63. The van der Waals surface area contributed by atoms with Gasteiger partial charge in [-0.2, -0.15) is 0 Å². The van der Waals surface area contributed by atoms with Gasteiger partial charge in [-0.05, 0) is 92.9 Å². The van der Waals surface area contributed by atoms with E-state index in [-0.39, 0.29) is 30.5 Å². The Hall–Kier alpha value is -2.24. The van der Waals surface area contributed by atoms with Gasteiger partial charge in [-0.1, -0.05) is 37.6 Å². The van der Waals surface area contributed by atoms with Gasteiger partial charge in [0.25, 0.3) is 0 Å². The van der Waals surface area contributed by atoms with E-state index in [0.29, 0.717) is 32.7 Å². The number of benzene rings is 2. The molecule has 42 heavy (non-hydrogen) atoms. The Balaban J connectivity index is 1.25. The molecule has 2 aromatic rings. The normalized spacial score (nSPS) is 29.2. The fourth-order valence-electron chi connectivity index (χ4n) is 6.45. The number of rotatable bonds is 15. The highest BCUT2D eigenvalue weighted by Crippen LogP contribution is 2.35. The van der Waals surface area contributed by atoms with Gasteiger partial charge in [0.2, 0.25) is 0 Å². The highest BCUT2D eigenvalue weighted by atomic mass is 16.5. The predicted octanol–water partition coefficient (Wildman–Crippen LogP) is 2.31. The molecule has 234 valence electrons. The van der Waals surface area contributed by atoms with Crippen molar-refractivity contribution in [3.8, 4) is 22.6 Å². The van der Waals surface area contributed by atoms with E-state index in [2.05, 4.69) is 36.6 Å². The molecule has 2 aromatic carbocycles. The first-order valence-corrected chi connectivity index (χ1v) is 15.5. The molecule has 2 aliphatic rings. The second-order valence-corrected chi connectivity index (χ2v) is 11.9. The lowest BCUT2D eigenvalue weighted by Crippen LogP contribution is -2.40. The number of hydrogen-bond acceptors (Lipinski definition) is 9. The summed E-state index contributed by atoms with van der Waals surface area (Å²) >= 11 is 0. The van der Waals surface area contributed by atoms with E-state index in [4.69, 9.17) is 9.47 Å². The smallest absolute Gasteiger partial charge is 0.122 e. The summed E-state index contributed by atoms with van der Waals surface area (Å²) in [5.74, 6) is 1.53. The zero-order valence-corrected chi connectivity index (χ0v) is 25.2. The number of aliphatic hydroxyl groups is 5. The molecule has 0 unspecified atom stereocenters. The Morgan fingerprint density at radius 1 is 0.690 bits per heavy atom. The first-order valence-electron chi connectivity index (χ1n) is 15.5. The van der Waals surface area contributed by atoms with Crippen molar-refractivity contribution >= 4 is 0 Å². The van der Waals surface area contributed by atoms with Gasteiger partial charge in [-0.15, -0.1) is 0 Å². The van der Waals surface area contributed by atoms with Crippen molar-refractivity contribution < 1.29 is 35.0 Å². The van der Waals surface area contributed by atoms with Gasteiger partial charge in [0.1, 0.15) is 11.5 Å². The average Bonchev–Trinajstić information content (AvgIpc) is 3.43. The molecular formula is C33H50N2O7. The van der Waals surface area contributed by atoms with E-state index < -0.39 is 24.4 Å². The molecule has 2 fully saturated rings. The van der Waals surface area contributed by atoms with Crippen LogP contribution in [0.25, 0.3) is 11.1 Å². The zero-order chi connectivity index (χ0) is 30.2. The minimum Gasteiger partial charge on any atom is -0.493 e. The van der Waals surface area contributed by atoms with Crippen LogP contribution >= 0.6 is 0 Å². The van der Waals surface area contributed by atoms with Crippen molar-refractivity contribution in [2.45, 2.75) is 89.4 Å². The van der Waals surface area contributed by atoms with Gasteiger partial charge >= 0.3 is 0 Å². The van der Waals surface area contributed by atoms with Crippen molar-refractivity contribution in [1.29, 1.82) is 0 Å². The van der Waals surface area contributed by atoms with Gasteiger partial charge in [0.05, 0.1) is 37.6 Å². The van der Waals surface area contributed by atoms with E-state index in [9.17, 15) is 25.5 Å². The lowest BCUT2D eigenvalue weighted by Gasteiger charge is -2.19. The molecule has 0 radical (unpaired) electrons. The maximum absolute atomic E-state index is 10.3. The summed E-state index contributed by atoms with van der Waals surface area (Å²) in [6, 6.07) is 11.9. The molecule has 2 aliphatic carbocycles. The first kappa shape index (κ1) is 32.7. The summed E-state index contributed by atoms with van der Waals surface area (Å²) in [6.07, 6.45) is 0.630. The molecule has 0 saturated heterocycles. The third-order valence-corrected chi connectivity index (χ3v) is 9.19. The Kier molecular flexibility index (Phi) is 12.0. The standard InChI is InChI=1S/C33H50N2O7/c1-4-22-17-26(32(39)30(22)37)34-13-7-15-41-28-11-5-9-24(20(28)2)25-10-6-12-29(21(25)3)42-16-8-14-35-27-18-23(19-36)31(38)33(27)40/h5-6,9-12,22-23,26-27,30-40H,4,7-8,13-19H2,1-3H3/t22-,23+,26+,27+,30+,31+,32-,33-/m0/s1. The van der Waals surface area contributed by atoms with E-state index in [1.807, 2.05) is 31.2 Å². The predicted molar refractivity (Wildman–Crippen MR) is 163 cm³/mol. The monoisotopic (exact) mass is 586 g/mol. The quantitative estimate of drug-likeness (QED) is 0.156. The molecule has 0 amide bonds. The van der Waals surface area contributed by atoms with Crippen LogP contribution in [0.3, 0.4) is 0 Å². The molecule has 0 heterocycles. The van der Waals surface area contributed by atoms with Crippen LogP contribution in [0.4, 0.5) is 0 Å². The van der Waals surface area contributed by atoms with Gasteiger partial charge in [-0.3, -0.25) is 0 Å². The van der Waals surface area contributed by atoms with Crippen LogP contribution in [0.5, 0.6) is 11.5 Å². The van der Waals surface area contributed by atoms with Gasteiger partial charge in [0, 0.05) is 24.6 Å². The van der Waals surface area contributed by atoms with Crippen LogP contribution in [0.1, 0.15) is 50.2 Å². The van der Waals surface area contributed by atoms with E-state index in [0.717, 1.165) is 59.4 Å². The van der Waals surface area contributed by atoms with Crippen LogP contribution < -0.4 is 20.1 Å². The van der Waals surface area contributed by atoms with Gasteiger partial charge < -0.3 is 45.6 Å². The number of hydrogen-bond donors (Lipinski definition) is 7. The van der Waals surface area contributed by atoms with E-state index in [1.165, 1.54) is 0 Å². The Bertz CT molecular complexity index is 1040. The minimum atomic E-state index is -0.889. The van der Waals surface area contributed by atoms with Crippen molar-refractivity contribution in [3.63, 3.8) is 0 Å². The van der Waals surface area contributed by atoms with Crippen molar-refractivity contribution in [2.24, 2.45) is 11.8 Å². The summed E-state index contributed by atoms with van der Waals surface area (Å²) in [4.78, 5) is 0. The summed E-state index contributed by atoms with van der Waals surface area (Å²) < 4.78 is 12.3. The Morgan fingerprint density at radius 3 is 1.55 bits per heavy atom. The SMILES string of the molecule is CC[C@H]1C[C@@H](NCCCOc2cccc(-c3cccc(OCCCN[C@@H]4C[C@H](CO)[C@@H](O)[C@H]4O)c3C)c2C)[C@H](O)[C@@H]1O. The molecule has 0 spiro atoms. The molecule has 0 bridgehead atoms. The molecule has 9 heteroatoms. The second kappa shape index (κ2) is 15.5. The van der Waals surface area contributed by atoms with Gasteiger partial charge in [-0.25, -0.2) is 0 Å². The molecule has 7 N–H and O–H groups in total. The molecule has 0 aromatic heterocycles. The molecule has 0 aliphatic heterocycles. The fraction of sp³-hybridized carbons (Fsp3) is 0.636. The summed E-state index contributed by atoms with van der Waals surface area (Å²) in [7, 11) is 0. The lowest BCUT2D eigenvalue weighted by atomic mass is 9.95. The van der Waals surface area contributed by atoms with Crippen LogP contribution in [-0.2, 0) is 0 Å².